The lowest BCUT2D eigenvalue weighted by atomic mass is 10.0. The molecule has 1 amide bonds. The molecule has 25 heavy (non-hydrogen) atoms. The zero-order chi connectivity index (χ0) is 17.8. The first-order valence-corrected chi connectivity index (χ1v) is 8.37. The predicted octanol–water partition coefficient (Wildman–Crippen LogP) is 1.07. The summed E-state index contributed by atoms with van der Waals surface area (Å²) in [6.45, 7) is 1.40. The minimum absolute atomic E-state index is 0.0570. The molecule has 0 bridgehead atoms. The lowest BCUT2D eigenvalue weighted by Gasteiger charge is -2.36. The van der Waals surface area contributed by atoms with E-state index in [9.17, 15) is 4.79 Å². The normalized spacial score (nSPS) is 15.1. The molecule has 1 aliphatic heterocycles. The second-order valence-electron chi connectivity index (χ2n) is 6.39. The summed E-state index contributed by atoms with van der Waals surface area (Å²) >= 11 is 0. The van der Waals surface area contributed by atoms with Gasteiger partial charge in [-0.25, -0.2) is 0 Å². The van der Waals surface area contributed by atoms with E-state index in [2.05, 4.69) is 25.3 Å². The van der Waals surface area contributed by atoms with Gasteiger partial charge in [0, 0.05) is 46.5 Å². The number of hydrogen-bond acceptors (Lipinski definition) is 7. The Balaban J connectivity index is 1.59. The molecule has 1 saturated heterocycles. The molecule has 2 aromatic heterocycles. The second kappa shape index (κ2) is 7.42. The van der Waals surface area contributed by atoms with E-state index in [1.807, 2.05) is 49.1 Å². The number of carbonyl (C=O) groups excluding carboxylic acids is 1. The third kappa shape index (κ3) is 3.84. The quantitative estimate of drug-likeness (QED) is 0.823. The first-order chi connectivity index (χ1) is 12.1. The third-order valence-corrected chi connectivity index (χ3v) is 4.55. The van der Waals surface area contributed by atoms with E-state index in [0.717, 1.165) is 24.5 Å². The highest BCUT2D eigenvalue weighted by Crippen LogP contribution is 2.21. The third-order valence-electron chi connectivity index (χ3n) is 4.55. The number of nitrogens with zero attached hydrogens (tertiary/aromatic N) is 7. The number of amides is 1. The van der Waals surface area contributed by atoms with Crippen LogP contribution < -0.4 is 9.80 Å². The number of carbonyl (C=O) groups is 1. The lowest BCUT2D eigenvalue weighted by molar-refractivity contribution is 0.0706. The zero-order valence-corrected chi connectivity index (χ0v) is 14.8. The number of piperidine rings is 1. The fraction of sp³-hybridized carbons (Fsp3) is 0.471. The van der Waals surface area contributed by atoms with Crippen molar-refractivity contribution in [3.05, 3.63) is 36.2 Å². The largest absolute Gasteiger partial charge is 0.361 e. The molecule has 2 aromatic rings. The molecule has 0 aromatic carbocycles. The summed E-state index contributed by atoms with van der Waals surface area (Å²) in [4.78, 5) is 18.4. The summed E-state index contributed by atoms with van der Waals surface area (Å²) in [6.07, 6.45) is 3.45. The van der Waals surface area contributed by atoms with Crippen molar-refractivity contribution in [2.24, 2.45) is 0 Å². The minimum atomic E-state index is -0.0570. The fourth-order valence-electron chi connectivity index (χ4n) is 2.96. The molecule has 8 nitrogen and oxygen atoms in total. The second-order valence-corrected chi connectivity index (χ2v) is 6.39. The van der Waals surface area contributed by atoms with E-state index in [1.54, 1.807) is 12.3 Å². The van der Waals surface area contributed by atoms with E-state index in [1.165, 1.54) is 0 Å². The van der Waals surface area contributed by atoms with Gasteiger partial charge < -0.3 is 14.7 Å². The van der Waals surface area contributed by atoms with Crippen LogP contribution in [0.5, 0.6) is 0 Å². The van der Waals surface area contributed by atoms with Gasteiger partial charge in [0.1, 0.15) is 0 Å². The first kappa shape index (κ1) is 17.1. The molecule has 8 heteroatoms. The van der Waals surface area contributed by atoms with Crippen LogP contribution in [0.3, 0.4) is 0 Å². The van der Waals surface area contributed by atoms with Gasteiger partial charge >= 0.3 is 0 Å². The van der Waals surface area contributed by atoms with E-state index in [-0.39, 0.29) is 5.91 Å². The highest BCUT2D eigenvalue weighted by molar-refractivity contribution is 5.92. The average molecular weight is 341 g/mol. The van der Waals surface area contributed by atoms with Crippen molar-refractivity contribution in [1.29, 1.82) is 0 Å². The van der Waals surface area contributed by atoms with Crippen molar-refractivity contribution in [3.8, 4) is 0 Å². The highest BCUT2D eigenvalue weighted by atomic mass is 16.2. The van der Waals surface area contributed by atoms with Crippen LogP contribution in [0.2, 0.25) is 0 Å². The molecule has 3 heterocycles. The minimum Gasteiger partial charge on any atom is -0.361 e. The van der Waals surface area contributed by atoms with Gasteiger partial charge in [0.15, 0.2) is 17.3 Å². The molecule has 132 valence electrons. The fourth-order valence-corrected chi connectivity index (χ4v) is 2.96. The SMILES string of the molecule is CN(C)c1ccc(C(=O)N2CCC(N(C)c3cccnn3)CC2)nn1. The Morgan fingerprint density at radius 3 is 2.36 bits per heavy atom. The number of anilines is 2. The smallest absolute Gasteiger partial charge is 0.274 e. The van der Waals surface area contributed by atoms with Gasteiger partial charge in [0.25, 0.3) is 5.91 Å². The maximum atomic E-state index is 12.6. The maximum absolute atomic E-state index is 12.6. The van der Waals surface area contributed by atoms with Crippen LogP contribution >= 0.6 is 0 Å². The monoisotopic (exact) mass is 341 g/mol. The summed E-state index contributed by atoms with van der Waals surface area (Å²) in [5, 5.41) is 16.2. The Morgan fingerprint density at radius 1 is 1.04 bits per heavy atom. The van der Waals surface area contributed by atoms with Crippen molar-refractivity contribution in [3.63, 3.8) is 0 Å². The standard InChI is InChI=1S/C17H23N7O/c1-22(2)15-7-6-14(19-21-15)17(25)24-11-8-13(9-12-24)23(3)16-5-4-10-18-20-16/h4-7,10,13H,8-9,11-12H2,1-3H3. The van der Waals surface area contributed by atoms with Gasteiger partial charge in [-0.2, -0.15) is 5.10 Å². The molecule has 0 atom stereocenters. The summed E-state index contributed by atoms with van der Waals surface area (Å²) in [5.41, 5.74) is 0.395. The van der Waals surface area contributed by atoms with Crippen molar-refractivity contribution < 1.29 is 4.79 Å². The summed E-state index contributed by atoms with van der Waals surface area (Å²) in [5.74, 6) is 1.54. The van der Waals surface area contributed by atoms with E-state index < -0.39 is 0 Å². The van der Waals surface area contributed by atoms with E-state index >= 15 is 0 Å². The molecule has 0 saturated carbocycles. The van der Waals surface area contributed by atoms with Crippen LogP contribution in [0, 0.1) is 0 Å². The molecular weight excluding hydrogens is 318 g/mol. The van der Waals surface area contributed by atoms with Gasteiger partial charge in [-0.15, -0.1) is 15.3 Å². The molecule has 0 aliphatic carbocycles. The lowest BCUT2D eigenvalue weighted by Crippen LogP contribution is -2.46. The molecule has 1 aliphatic rings. The van der Waals surface area contributed by atoms with Gasteiger partial charge in [0.05, 0.1) is 0 Å². The number of hydrogen-bond donors (Lipinski definition) is 0. The van der Waals surface area contributed by atoms with Crippen LogP contribution in [0.15, 0.2) is 30.5 Å². The van der Waals surface area contributed by atoms with Gasteiger partial charge in [-0.05, 0) is 37.1 Å². The first-order valence-electron chi connectivity index (χ1n) is 8.37. The number of likely N-dealkylation sites (tertiary alicyclic amines) is 1. The molecule has 0 N–H and O–H groups in total. The number of aromatic nitrogens is 4. The molecule has 0 spiro atoms. The Bertz CT molecular complexity index is 697. The average Bonchev–Trinajstić information content (AvgIpc) is 2.67. The topological polar surface area (TPSA) is 78.4 Å². The maximum Gasteiger partial charge on any atom is 0.274 e. The Labute approximate surface area is 147 Å². The van der Waals surface area contributed by atoms with Crippen molar-refractivity contribution in [1.82, 2.24) is 25.3 Å². The number of rotatable bonds is 4. The Morgan fingerprint density at radius 2 is 1.80 bits per heavy atom. The van der Waals surface area contributed by atoms with E-state index in [0.29, 0.717) is 24.8 Å². The van der Waals surface area contributed by atoms with Crippen LogP contribution in [0.4, 0.5) is 11.6 Å². The van der Waals surface area contributed by atoms with E-state index in [4.69, 9.17) is 0 Å². The molecule has 1 fully saturated rings. The summed E-state index contributed by atoms with van der Waals surface area (Å²) in [7, 11) is 5.81. The molecule has 3 rings (SSSR count). The van der Waals surface area contributed by atoms with Crippen LogP contribution in [0.25, 0.3) is 0 Å². The van der Waals surface area contributed by atoms with Crippen molar-refractivity contribution >= 4 is 17.5 Å². The van der Waals surface area contributed by atoms with Crippen LogP contribution in [0.1, 0.15) is 23.3 Å². The predicted molar refractivity (Wildman–Crippen MR) is 95.7 cm³/mol. The van der Waals surface area contributed by atoms with Crippen molar-refractivity contribution in [2.45, 2.75) is 18.9 Å². The highest BCUT2D eigenvalue weighted by Gasteiger charge is 2.27. The molecule has 0 radical (unpaired) electrons. The van der Waals surface area contributed by atoms with Crippen LogP contribution in [-0.4, -0.2) is 71.5 Å². The van der Waals surface area contributed by atoms with Gasteiger partial charge in [-0.3, -0.25) is 4.79 Å². The van der Waals surface area contributed by atoms with Gasteiger partial charge in [-0.1, -0.05) is 0 Å². The Kier molecular flexibility index (Phi) is 5.06. The van der Waals surface area contributed by atoms with Gasteiger partial charge in [0.2, 0.25) is 0 Å². The van der Waals surface area contributed by atoms with Crippen LogP contribution in [-0.2, 0) is 0 Å². The zero-order valence-electron chi connectivity index (χ0n) is 14.8. The molecule has 0 unspecified atom stereocenters. The molecular formula is C17H23N7O. The summed E-state index contributed by atoms with van der Waals surface area (Å²) in [6, 6.07) is 7.74. The van der Waals surface area contributed by atoms with Crippen molar-refractivity contribution in [2.75, 3.05) is 44.0 Å². The summed E-state index contributed by atoms with van der Waals surface area (Å²) < 4.78 is 0. The Hall–Kier alpha value is -2.77.